The molecule has 0 aromatic heterocycles. The van der Waals surface area contributed by atoms with Crippen LogP contribution in [-0.2, 0) is 47.6 Å². The number of carbonyl (C=O) groups excluding carboxylic acids is 4. The van der Waals surface area contributed by atoms with Crippen LogP contribution in [0.1, 0.15) is 78.6 Å². The van der Waals surface area contributed by atoms with Gasteiger partial charge in [0.25, 0.3) is 0 Å². The summed E-state index contributed by atoms with van der Waals surface area (Å²) in [6, 6.07) is 16.4. The lowest BCUT2D eigenvalue weighted by atomic mass is 10.1. The molecule has 0 spiro atoms. The number of rotatable bonds is 32. The Labute approximate surface area is 331 Å². The summed E-state index contributed by atoms with van der Waals surface area (Å²) in [7, 11) is 0. The van der Waals surface area contributed by atoms with E-state index in [-0.39, 0.29) is 70.8 Å². The van der Waals surface area contributed by atoms with E-state index in [4.69, 9.17) is 42.6 Å². The summed E-state index contributed by atoms with van der Waals surface area (Å²) in [4.78, 5) is 48.1. The summed E-state index contributed by atoms with van der Waals surface area (Å²) in [6.45, 7) is 13.8. The molecule has 0 fully saturated rings. The molecule has 0 amide bonds. The first-order chi connectivity index (χ1) is 27.1. The highest BCUT2D eigenvalue weighted by Gasteiger charge is 2.19. The van der Waals surface area contributed by atoms with Crippen molar-refractivity contribution in [1.29, 1.82) is 0 Å². The van der Waals surface area contributed by atoms with Gasteiger partial charge >= 0.3 is 23.9 Å². The Morgan fingerprint density at radius 3 is 1.54 bits per heavy atom. The van der Waals surface area contributed by atoms with Crippen molar-refractivity contribution in [3.05, 3.63) is 78.9 Å². The Bertz CT molecular complexity index is 1440. The quantitative estimate of drug-likeness (QED) is 0.0320. The Hall–Kier alpha value is -4.88. The average molecular weight is 785 g/mol. The molecule has 0 saturated heterocycles. The highest BCUT2D eigenvalue weighted by Crippen LogP contribution is 2.18. The van der Waals surface area contributed by atoms with Gasteiger partial charge in [0.05, 0.1) is 33.0 Å². The van der Waals surface area contributed by atoms with E-state index in [1.54, 1.807) is 31.2 Å². The molecule has 2 aromatic carbocycles. The molecule has 13 heteroatoms. The third-order valence-corrected chi connectivity index (χ3v) is 7.79. The normalized spacial score (nSPS) is 11.8. The molecular weight excluding hydrogens is 724 g/mol. The van der Waals surface area contributed by atoms with E-state index >= 15 is 0 Å². The summed E-state index contributed by atoms with van der Waals surface area (Å²) in [5, 5.41) is 0. The van der Waals surface area contributed by atoms with Gasteiger partial charge in [-0.25, -0.2) is 9.59 Å². The highest BCUT2D eigenvalue weighted by molar-refractivity contribution is 5.87. The molecule has 2 rings (SSSR count). The van der Waals surface area contributed by atoms with E-state index in [1.165, 1.54) is 6.92 Å². The van der Waals surface area contributed by atoms with Crippen LogP contribution < -0.4 is 14.2 Å². The number of ether oxygens (including phenoxy) is 9. The van der Waals surface area contributed by atoms with Gasteiger partial charge in [0.15, 0.2) is 12.2 Å². The summed E-state index contributed by atoms with van der Waals surface area (Å²) in [5.41, 5.74) is 0.589. The molecule has 0 bridgehead atoms. The molecule has 0 N–H and O–H groups in total. The number of hydrogen-bond acceptors (Lipinski definition) is 13. The number of para-hydroxylation sites is 1. The third-order valence-electron chi connectivity index (χ3n) is 7.79. The fourth-order valence-corrected chi connectivity index (χ4v) is 4.75. The largest absolute Gasteiger partial charge is 0.491 e. The average Bonchev–Trinajstić information content (AvgIpc) is 3.18. The van der Waals surface area contributed by atoms with Crippen molar-refractivity contribution in [3.8, 4) is 17.2 Å². The SMILES string of the molecule is C=C(C)C(=O)OCCCCCCC(=O)OC(COCCOc1ccc(OCCOCC(COc2ccccc2)OC(=O)CCCCC)cc1)COC(=O)C(=C)C. The number of unbranched alkanes of at least 4 members (excludes halogenated alkanes) is 5. The van der Waals surface area contributed by atoms with Gasteiger partial charge < -0.3 is 42.6 Å². The lowest BCUT2D eigenvalue weighted by Gasteiger charge is -2.19. The summed E-state index contributed by atoms with van der Waals surface area (Å²) < 4.78 is 50.2. The van der Waals surface area contributed by atoms with E-state index in [2.05, 4.69) is 20.1 Å². The first kappa shape index (κ1) is 47.3. The zero-order chi connectivity index (χ0) is 40.8. The summed E-state index contributed by atoms with van der Waals surface area (Å²) in [5.74, 6) is 0.222. The van der Waals surface area contributed by atoms with Gasteiger partial charge in [0, 0.05) is 24.0 Å². The molecule has 0 aliphatic carbocycles. The minimum Gasteiger partial charge on any atom is -0.491 e. The smallest absolute Gasteiger partial charge is 0.333 e. The molecule has 0 saturated carbocycles. The standard InChI is InChI=1S/C43H60O13/c1-6-7-11-18-40(44)55-38(31-53-35-16-12-10-13-17-35)29-48-25-27-50-36-20-22-37(23-21-36)51-28-26-49-30-39(32-54-43(47)34(4)5)56-41(45)19-14-8-9-15-24-52-42(46)33(2)3/h10,12-13,16-17,20-23,38-39H,2,4,6-9,11,14-15,18-19,24-32H2,1,3,5H3. The van der Waals surface area contributed by atoms with Gasteiger partial charge in [-0.2, -0.15) is 0 Å². The van der Waals surface area contributed by atoms with Crippen LogP contribution in [0.15, 0.2) is 78.9 Å². The van der Waals surface area contributed by atoms with Crippen molar-refractivity contribution in [2.24, 2.45) is 0 Å². The molecule has 0 aliphatic heterocycles. The van der Waals surface area contributed by atoms with Crippen molar-refractivity contribution < 1.29 is 61.8 Å². The Balaban J connectivity index is 1.67. The predicted molar refractivity (Wildman–Crippen MR) is 210 cm³/mol. The molecular formula is C43H60O13. The molecule has 2 aromatic rings. The van der Waals surface area contributed by atoms with Crippen LogP contribution in [0.2, 0.25) is 0 Å². The van der Waals surface area contributed by atoms with Gasteiger partial charge in [0.2, 0.25) is 0 Å². The van der Waals surface area contributed by atoms with Crippen LogP contribution in [0.5, 0.6) is 17.2 Å². The fourth-order valence-electron chi connectivity index (χ4n) is 4.75. The molecule has 13 nitrogen and oxygen atoms in total. The first-order valence-corrected chi connectivity index (χ1v) is 19.3. The molecule has 2 atom stereocenters. The number of hydrogen-bond donors (Lipinski definition) is 0. The summed E-state index contributed by atoms with van der Waals surface area (Å²) >= 11 is 0. The lowest BCUT2D eigenvalue weighted by Crippen LogP contribution is -2.30. The molecule has 0 aliphatic rings. The van der Waals surface area contributed by atoms with E-state index in [0.29, 0.717) is 48.7 Å². The second-order valence-electron chi connectivity index (χ2n) is 13.1. The van der Waals surface area contributed by atoms with Gasteiger partial charge in [-0.15, -0.1) is 0 Å². The number of carbonyl (C=O) groups is 4. The maximum Gasteiger partial charge on any atom is 0.333 e. The van der Waals surface area contributed by atoms with E-state index < -0.39 is 30.1 Å². The maximum absolute atomic E-state index is 12.5. The van der Waals surface area contributed by atoms with Gasteiger partial charge in [-0.3, -0.25) is 9.59 Å². The Morgan fingerprint density at radius 1 is 0.518 bits per heavy atom. The van der Waals surface area contributed by atoms with Crippen LogP contribution in [0.4, 0.5) is 0 Å². The lowest BCUT2D eigenvalue weighted by molar-refractivity contribution is -0.161. The van der Waals surface area contributed by atoms with Gasteiger partial charge in [-0.05, 0) is 69.5 Å². The second-order valence-corrected chi connectivity index (χ2v) is 13.1. The van der Waals surface area contributed by atoms with Crippen LogP contribution in [0, 0.1) is 0 Å². The highest BCUT2D eigenvalue weighted by atomic mass is 16.6. The maximum atomic E-state index is 12.5. The van der Waals surface area contributed by atoms with Crippen LogP contribution in [0.25, 0.3) is 0 Å². The van der Waals surface area contributed by atoms with Crippen LogP contribution >= 0.6 is 0 Å². The topological polar surface area (TPSA) is 151 Å². The monoisotopic (exact) mass is 784 g/mol. The number of benzene rings is 2. The minimum absolute atomic E-state index is 0.00367. The van der Waals surface area contributed by atoms with E-state index in [1.807, 2.05) is 30.3 Å². The number of esters is 4. The van der Waals surface area contributed by atoms with Crippen molar-refractivity contribution in [2.75, 3.05) is 59.5 Å². The zero-order valence-electron chi connectivity index (χ0n) is 33.3. The zero-order valence-corrected chi connectivity index (χ0v) is 33.3. The van der Waals surface area contributed by atoms with Crippen LogP contribution in [-0.4, -0.2) is 95.5 Å². The van der Waals surface area contributed by atoms with Gasteiger partial charge in [0.1, 0.15) is 43.7 Å². The van der Waals surface area contributed by atoms with Crippen molar-refractivity contribution in [3.63, 3.8) is 0 Å². The third kappa shape index (κ3) is 23.1. The Morgan fingerprint density at radius 2 is 1.00 bits per heavy atom. The van der Waals surface area contributed by atoms with Crippen molar-refractivity contribution >= 4 is 23.9 Å². The predicted octanol–water partition coefficient (Wildman–Crippen LogP) is 7.15. The molecule has 56 heavy (non-hydrogen) atoms. The second kappa shape index (κ2) is 29.4. The van der Waals surface area contributed by atoms with Crippen LogP contribution in [0.3, 0.4) is 0 Å². The fraction of sp³-hybridized carbons (Fsp3) is 0.535. The van der Waals surface area contributed by atoms with E-state index in [9.17, 15) is 19.2 Å². The van der Waals surface area contributed by atoms with Crippen molar-refractivity contribution in [2.45, 2.75) is 90.8 Å². The van der Waals surface area contributed by atoms with Crippen molar-refractivity contribution in [1.82, 2.24) is 0 Å². The minimum atomic E-state index is -0.799. The molecule has 0 radical (unpaired) electrons. The molecule has 2 unspecified atom stereocenters. The Kier molecular flexibility index (Phi) is 24.8. The van der Waals surface area contributed by atoms with Gasteiger partial charge in [-0.1, -0.05) is 64.0 Å². The summed E-state index contributed by atoms with van der Waals surface area (Å²) in [6.07, 6.45) is 4.81. The first-order valence-electron chi connectivity index (χ1n) is 19.3. The molecule has 310 valence electrons. The van der Waals surface area contributed by atoms with E-state index in [0.717, 1.165) is 32.1 Å². The molecule has 0 heterocycles.